The molecule has 5 heteroatoms. The minimum atomic E-state index is -0.297. The number of phenolic OH excluding ortho intramolecular Hbond substituents is 1. The molecule has 0 aliphatic heterocycles. The Kier molecular flexibility index (Phi) is 9.06. The van der Waals surface area contributed by atoms with Gasteiger partial charge >= 0.3 is 0 Å². The van der Waals surface area contributed by atoms with E-state index in [1.54, 1.807) is 6.20 Å². The molecule has 0 spiro atoms. The van der Waals surface area contributed by atoms with Crippen molar-refractivity contribution in [2.24, 2.45) is 0 Å². The molecule has 7 aromatic rings. The second-order valence-corrected chi connectivity index (χ2v) is 15.4. The summed E-state index contributed by atoms with van der Waals surface area (Å²) >= 11 is 0. The summed E-state index contributed by atoms with van der Waals surface area (Å²) in [6, 6.07) is 45.2. The molecule has 0 saturated carbocycles. The van der Waals surface area contributed by atoms with Gasteiger partial charge in [-0.15, -0.1) is 0 Å². The zero-order chi connectivity index (χ0) is 36.6. The minimum Gasteiger partial charge on any atom is -0.507 e. The van der Waals surface area contributed by atoms with Crippen LogP contribution in [-0.4, -0.2) is 19.6 Å². The van der Waals surface area contributed by atoms with E-state index in [4.69, 9.17) is 9.72 Å². The predicted molar refractivity (Wildman–Crippen MR) is 213 cm³/mol. The number of aromatic hydroxyl groups is 1. The molecular weight excluding hydrogens is 639 g/mol. The highest BCUT2D eigenvalue weighted by Crippen LogP contribution is 2.45. The lowest BCUT2D eigenvalue weighted by Gasteiger charge is -2.27. The lowest BCUT2D eigenvalue weighted by atomic mass is 9.79. The fourth-order valence-electron chi connectivity index (χ4n) is 6.69. The van der Waals surface area contributed by atoms with E-state index in [0.717, 1.165) is 56.0 Å². The second kappa shape index (κ2) is 13.6. The Hall–Kier alpha value is -5.94. The fourth-order valence-corrected chi connectivity index (χ4v) is 6.69. The van der Waals surface area contributed by atoms with Crippen molar-refractivity contribution in [3.8, 4) is 68.0 Å². The standard InChI is InChI=1S/C47H45N3O2/c1-31-43(35-21-16-22-37(27-35)52-42-28-34(25-26-48-42)32-17-10-8-11-18-32)49-45(39-29-36(46(2,3)4)30-40(44(39)51)47(5,6)7)50(31)41-24-15-14-23-38(41)33-19-12-9-13-20-33/h8-30,51H,1-7H3. The van der Waals surface area contributed by atoms with Crippen molar-refractivity contribution in [1.29, 1.82) is 0 Å². The molecule has 1 N–H and O–H groups in total. The Morgan fingerprint density at radius 1 is 0.596 bits per heavy atom. The van der Waals surface area contributed by atoms with Crippen LogP contribution in [0, 0.1) is 6.92 Å². The highest BCUT2D eigenvalue weighted by molar-refractivity contribution is 5.80. The minimum absolute atomic E-state index is 0.156. The van der Waals surface area contributed by atoms with Crippen LogP contribution in [-0.2, 0) is 10.8 Å². The first kappa shape index (κ1) is 34.5. The summed E-state index contributed by atoms with van der Waals surface area (Å²) in [7, 11) is 0. The molecule has 0 unspecified atom stereocenters. The van der Waals surface area contributed by atoms with Crippen molar-refractivity contribution < 1.29 is 9.84 Å². The van der Waals surface area contributed by atoms with E-state index in [-0.39, 0.29) is 16.6 Å². The van der Waals surface area contributed by atoms with Gasteiger partial charge in [0.1, 0.15) is 17.3 Å². The van der Waals surface area contributed by atoms with E-state index in [0.29, 0.717) is 23.0 Å². The van der Waals surface area contributed by atoms with Crippen LogP contribution in [0.3, 0.4) is 0 Å². The van der Waals surface area contributed by atoms with E-state index < -0.39 is 0 Å². The lowest BCUT2D eigenvalue weighted by molar-refractivity contribution is 0.446. The molecule has 0 amide bonds. The molecule has 0 aliphatic carbocycles. The van der Waals surface area contributed by atoms with E-state index in [1.807, 2.05) is 54.6 Å². The fraction of sp³-hybridized carbons (Fsp3) is 0.191. The average molecular weight is 684 g/mol. The SMILES string of the molecule is Cc1c(-c2cccc(Oc3cc(-c4ccccc4)ccn3)c2)nc(-c2cc(C(C)(C)C)cc(C(C)(C)C)c2O)n1-c1ccccc1-c1ccccc1. The molecule has 5 nitrogen and oxygen atoms in total. The number of hydrogen-bond donors (Lipinski definition) is 1. The van der Waals surface area contributed by atoms with Crippen molar-refractivity contribution in [2.75, 3.05) is 0 Å². The van der Waals surface area contributed by atoms with Crippen molar-refractivity contribution >= 4 is 0 Å². The van der Waals surface area contributed by atoms with Crippen LogP contribution in [0.25, 0.3) is 50.6 Å². The van der Waals surface area contributed by atoms with Crippen LogP contribution in [0.15, 0.2) is 140 Å². The molecule has 0 radical (unpaired) electrons. The zero-order valence-electron chi connectivity index (χ0n) is 31.0. The van der Waals surface area contributed by atoms with Crippen molar-refractivity contribution in [3.05, 3.63) is 156 Å². The number of para-hydroxylation sites is 1. The van der Waals surface area contributed by atoms with E-state index in [1.165, 1.54) is 0 Å². The van der Waals surface area contributed by atoms with Crippen molar-refractivity contribution in [2.45, 2.75) is 59.3 Å². The Morgan fingerprint density at radius 2 is 1.25 bits per heavy atom. The number of pyridine rings is 1. The summed E-state index contributed by atoms with van der Waals surface area (Å²) < 4.78 is 8.56. The van der Waals surface area contributed by atoms with Crippen molar-refractivity contribution in [1.82, 2.24) is 14.5 Å². The largest absolute Gasteiger partial charge is 0.507 e. The number of rotatable bonds is 7. The van der Waals surface area contributed by atoms with E-state index >= 15 is 0 Å². The van der Waals surface area contributed by atoms with Gasteiger partial charge in [-0.05, 0) is 70.3 Å². The first-order valence-electron chi connectivity index (χ1n) is 17.8. The number of benzene rings is 5. The topological polar surface area (TPSA) is 60.2 Å². The average Bonchev–Trinajstić information content (AvgIpc) is 3.48. The van der Waals surface area contributed by atoms with Gasteiger partial charge in [-0.2, -0.15) is 0 Å². The summed E-state index contributed by atoms with van der Waals surface area (Å²) in [6.45, 7) is 15.1. The van der Waals surface area contributed by atoms with E-state index in [9.17, 15) is 5.11 Å². The van der Waals surface area contributed by atoms with Gasteiger partial charge in [0.05, 0.1) is 16.9 Å². The summed E-state index contributed by atoms with van der Waals surface area (Å²) in [5.41, 5.74) is 10.2. The first-order chi connectivity index (χ1) is 24.9. The third kappa shape index (κ3) is 6.87. The van der Waals surface area contributed by atoms with Crippen LogP contribution >= 0.6 is 0 Å². The molecule has 0 aliphatic rings. The third-order valence-corrected chi connectivity index (χ3v) is 9.53. The highest BCUT2D eigenvalue weighted by Gasteiger charge is 2.29. The monoisotopic (exact) mass is 683 g/mol. The number of imidazole rings is 1. The summed E-state index contributed by atoms with van der Waals surface area (Å²) in [6.07, 6.45) is 1.77. The molecule has 2 aromatic heterocycles. The number of nitrogens with zero attached hydrogens (tertiary/aromatic N) is 3. The first-order valence-corrected chi connectivity index (χ1v) is 17.8. The predicted octanol–water partition coefficient (Wildman–Crippen LogP) is 12.3. The van der Waals surface area contributed by atoms with Gasteiger partial charge < -0.3 is 9.84 Å². The van der Waals surface area contributed by atoms with E-state index in [2.05, 4.69) is 137 Å². The molecule has 0 saturated heterocycles. The van der Waals surface area contributed by atoms with Gasteiger partial charge in [-0.25, -0.2) is 9.97 Å². The van der Waals surface area contributed by atoms with Gasteiger partial charge in [-0.3, -0.25) is 4.57 Å². The molecule has 0 atom stereocenters. The molecule has 7 rings (SSSR count). The summed E-state index contributed by atoms with van der Waals surface area (Å²) in [5, 5.41) is 12.1. The van der Waals surface area contributed by atoms with Crippen LogP contribution < -0.4 is 4.74 Å². The van der Waals surface area contributed by atoms with Crippen LogP contribution in [0.5, 0.6) is 17.4 Å². The Bertz CT molecular complexity index is 2360. The smallest absolute Gasteiger partial charge is 0.219 e. The molecule has 2 heterocycles. The van der Waals surface area contributed by atoms with Crippen molar-refractivity contribution in [3.63, 3.8) is 0 Å². The molecule has 0 bridgehead atoms. The molecule has 260 valence electrons. The second-order valence-electron chi connectivity index (χ2n) is 15.4. The van der Waals surface area contributed by atoms with Gasteiger partial charge in [0.25, 0.3) is 0 Å². The Labute approximate surface area is 307 Å². The highest BCUT2D eigenvalue weighted by atomic mass is 16.5. The lowest BCUT2D eigenvalue weighted by Crippen LogP contribution is -2.17. The van der Waals surface area contributed by atoms with Gasteiger partial charge in [0.15, 0.2) is 0 Å². The maximum Gasteiger partial charge on any atom is 0.219 e. The molecular formula is C47H45N3O2. The normalized spacial score (nSPS) is 11.8. The molecule has 5 aromatic carbocycles. The van der Waals surface area contributed by atoms with Gasteiger partial charge in [0, 0.05) is 34.6 Å². The summed E-state index contributed by atoms with van der Waals surface area (Å²) in [5.74, 6) is 2.09. The van der Waals surface area contributed by atoms with Crippen LogP contribution in [0.1, 0.15) is 58.4 Å². The maximum atomic E-state index is 12.1. The third-order valence-electron chi connectivity index (χ3n) is 9.53. The quantitative estimate of drug-likeness (QED) is 0.182. The number of aromatic nitrogens is 3. The Balaban J connectivity index is 1.42. The Morgan fingerprint density at radius 3 is 1.94 bits per heavy atom. The molecule has 52 heavy (non-hydrogen) atoms. The van der Waals surface area contributed by atoms with Gasteiger partial charge in [-0.1, -0.05) is 139 Å². The molecule has 0 fully saturated rings. The van der Waals surface area contributed by atoms with Crippen LogP contribution in [0.4, 0.5) is 0 Å². The summed E-state index contributed by atoms with van der Waals surface area (Å²) in [4.78, 5) is 9.91. The maximum absolute atomic E-state index is 12.1. The van der Waals surface area contributed by atoms with Gasteiger partial charge in [0.2, 0.25) is 5.88 Å². The zero-order valence-corrected chi connectivity index (χ0v) is 31.0. The number of hydrogen-bond acceptors (Lipinski definition) is 4. The number of phenols is 1. The number of ether oxygens (including phenoxy) is 1. The van der Waals surface area contributed by atoms with Crippen LogP contribution in [0.2, 0.25) is 0 Å².